The van der Waals surface area contributed by atoms with Crippen LogP contribution in [0.15, 0.2) is 4.40 Å². The van der Waals surface area contributed by atoms with E-state index in [0.29, 0.717) is 0 Å². The quantitative estimate of drug-likeness (QED) is 0.236. The maximum absolute atomic E-state index is 9.17. The molecule has 0 aliphatic rings. The number of carbonyl (C=O) groups excluding carboxylic acids is 1. The Morgan fingerprint density at radius 2 is 2.14 bits per heavy atom. The van der Waals surface area contributed by atoms with Crippen molar-refractivity contribution >= 4 is 17.3 Å². The summed E-state index contributed by atoms with van der Waals surface area (Å²) in [6.07, 6.45) is 0.829. The van der Waals surface area contributed by atoms with Gasteiger partial charge >= 0.3 is 0 Å². The van der Waals surface area contributed by atoms with Gasteiger partial charge in [-0.3, -0.25) is 0 Å². The Labute approximate surface area is 41.8 Å². The van der Waals surface area contributed by atoms with Crippen LogP contribution < -0.4 is 0 Å². The molecule has 7 heavy (non-hydrogen) atoms. The van der Waals surface area contributed by atoms with E-state index in [1.807, 2.05) is 0 Å². The Balaban J connectivity index is 0. The average Bonchev–Trinajstić information content (AvgIpc) is 1.35. The van der Waals surface area contributed by atoms with Crippen LogP contribution in [-0.2, 0) is 16.1 Å². The summed E-state index contributed by atoms with van der Waals surface area (Å²) in [4.78, 5) is 8.93. The molecule has 0 radical (unpaired) electrons. The lowest BCUT2D eigenvalue weighted by atomic mass is 11.7. The van der Waals surface area contributed by atoms with Gasteiger partial charge in [-0.2, -0.15) is 0 Å². The van der Waals surface area contributed by atoms with E-state index in [2.05, 4.69) is 4.40 Å². The van der Waals surface area contributed by atoms with Gasteiger partial charge in [-0.15, -0.1) is 4.40 Å². The topological polar surface area (TPSA) is 101 Å². The van der Waals surface area contributed by atoms with Gasteiger partial charge in [0, 0.05) is 0 Å². The molecular formula is CH2NO4S-. The van der Waals surface area contributed by atoms with Crippen molar-refractivity contribution in [3.63, 3.8) is 0 Å². The van der Waals surface area contributed by atoms with Crippen molar-refractivity contribution < 1.29 is 19.0 Å². The smallest absolute Gasteiger partial charge is 0.248 e. The van der Waals surface area contributed by atoms with E-state index in [0.717, 1.165) is 6.08 Å². The summed E-state index contributed by atoms with van der Waals surface area (Å²) in [5.74, 6) is 0. The molecule has 1 unspecified atom stereocenters. The third-order valence-corrected chi connectivity index (χ3v) is 0.335. The highest BCUT2D eigenvalue weighted by atomic mass is 32.2. The fraction of sp³-hybridized carbons (Fsp3) is 0. The Morgan fingerprint density at radius 1 is 1.71 bits per heavy atom. The van der Waals surface area contributed by atoms with Gasteiger partial charge in [0.25, 0.3) is 0 Å². The standard InChI is InChI=1S/CHNO3S.H2O/c3-1-2-6(4)5;/h(H,4,5);1H2/p-1. The Morgan fingerprint density at radius 3 is 2.14 bits per heavy atom. The maximum atomic E-state index is 9.17. The molecule has 0 aromatic rings. The highest BCUT2D eigenvalue weighted by Gasteiger charge is 1.59. The van der Waals surface area contributed by atoms with Gasteiger partial charge in [0.1, 0.15) is 0 Å². The summed E-state index contributed by atoms with van der Waals surface area (Å²) in [7, 11) is 0. The molecule has 0 aliphatic heterocycles. The minimum absolute atomic E-state index is 0. The number of rotatable bonds is 1. The minimum atomic E-state index is -2.61. The van der Waals surface area contributed by atoms with Crippen LogP contribution >= 0.6 is 0 Å². The van der Waals surface area contributed by atoms with Crippen molar-refractivity contribution in [3.8, 4) is 0 Å². The molecule has 0 saturated heterocycles. The summed E-state index contributed by atoms with van der Waals surface area (Å²) in [5.41, 5.74) is 0. The molecule has 0 fully saturated rings. The molecule has 0 amide bonds. The van der Waals surface area contributed by atoms with Gasteiger partial charge in [0.15, 0.2) is 0 Å². The van der Waals surface area contributed by atoms with Crippen LogP contribution in [-0.4, -0.2) is 20.3 Å². The van der Waals surface area contributed by atoms with E-state index in [-0.39, 0.29) is 5.48 Å². The van der Waals surface area contributed by atoms with Crippen LogP contribution in [0.25, 0.3) is 0 Å². The second kappa shape index (κ2) is 5.45. The molecule has 0 rings (SSSR count). The van der Waals surface area contributed by atoms with E-state index >= 15 is 0 Å². The second-order valence-corrected chi connectivity index (χ2v) is 1.02. The van der Waals surface area contributed by atoms with Gasteiger partial charge in [-0.25, -0.2) is 9.00 Å². The first-order valence-corrected chi connectivity index (χ1v) is 1.98. The molecule has 0 bridgehead atoms. The van der Waals surface area contributed by atoms with Crippen LogP contribution in [0.4, 0.5) is 0 Å². The predicted octanol–water partition coefficient (Wildman–Crippen LogP) is -1.71. The highest BCUT2D eigenvalue weighted by molar-refractivity contribution is 7.77. The second-order valence-electron chi connectivity index (χ2n) is 0.400. The molecule has 0 spiro atoms. The normalized spacial score (nSPS) is 10.4. The van der Waals surface area contributed by atoms with Crippen LogP contribution in [0.3, 0.4) is 0 Å². The SMILES string of the molecule is O.O=C=NS(=O)[O-]. The third-order valence-electron chi connectivity index (χ3n) is 0.112. The molecule has 0 aromatic carbocycles. The summed E-state index contributed by atoms with van der Waals surface area (Å²) in [6.45, 7) is 0. The zero-order valence-corrected chi connectivity index (χ0v) is 3.90. The molecule has 0 saturated carbocycles. The highest BCUT2D eigenvalue weighted by Crippen LogP contribution is 1.64. The van der Waals surface area contributed by atoms with E-state index in [9.17, 15) is 8.76 Å². The Kier molecular flexibility index (Phi) is 7.53. The van der Waals surface area contributed by atoms with Crippen molar-refractivity contribution in [1.29, 1.82) is 0 Å². The van der Waals surface area contributed by atoms with Gasteiger partial charge < -0.3 is 10.0 Å². The zero-order valence-electron chi connectivity index (χ0n) is 3.08. The zero-order chi connectivity index (χ0) is 4.99. The van der Waals surface area contributed by atoms with Crippen molar-refractivity contribution in [3.05, 3.63) is 0 Å². The molecule has 0 heterocycles. The Bertz CT molecular complexity index is 104. The van der Waals surface area contributed by atoms with Crippen molar-refractivity contribution in [2.45, 2.75) is 0 Å². The summed E-state index contributed by atoms with van der Waals surface area (Å²) >= 11 is -2.61. The van der Waals surface area contributed by atoms with Gasteiger partial charge in [0.2, 0.25) is 6.08 Å². The summed E-state index contributed by atoms with van der Waals surface area (Å²) < 4.78 is 20.6. The molecule has 0 aromatic heterocycles. The van der Waals surface area contributed by atoms with E-state index in [4.69, 9.17) is 4.79 Å². The number of hydrogen-bond acceptors (Lipinski definition) is 3. The van der Waals surface area contributed by atoms with Crippen molar-refractivity contribution in [2.75, 3.05) is 0 Å². The molecule has 5 nitrogen and oxygen atoms in total. The van der Waals surface area contributed by atoms with Crippen LogP contribution in [0.5, 0.6) is 0 Å². The van der Waals surface area contributed by atoms with Gasteiger partial charge in [-0.1, -0.05) is 0 Å². The first kappa shape index (κ1) is 9.67. The van der Waals surface area contributed by atoms with Gasteiger partial charge in [-0.05, 0) is 0 Å². The Hall–Kier alpha value is -0.550. The lowest BCUT2D eigenvalue weighted by Gasteiger charge is -1.84. The molecular weight excluding hydrogens is 122 g/mol. The fourth-order valence-electron chi connectivity index (χ4n) is 0.0304. The van der Waals surface area contributed by atoms with Gasteiger partial charge in [0.05, 0.1) is 11.3 Å². The fourth-order valence-corrected chi connectivity index (χ4v) is 0.0913. The monoisotopic (exact) mass is 124 g/mol. The third kappa shape index (κ3) is 10.8. The van der Waals surface area contributed by atoms with Crippen molar-refractivity contribution in [2.24, 2.45) is 4.40 Å². The number of nitrogens with zero attached hydrogens (tertiary/aromatic N) is 1. The molecule has 1 atom stereocenters. The predicted molar refractivity (Wildman–Crippen MR) is 20.7 cm³/mol. The largest absolute Gasteiger partial charge is 0.753 e. The number of isocyanates is 1. The minimum Gasteiger partial charge on any atom is -0.753 e. The van der Waals surface area contributed by atoms with Crippen LogP contribution in [0.1, 0.15) is 0 Å². The summed E-state index contributed by atoms with van der Waals surface area (Å²) in [6, 6.07) is 0. The maximum Gasteiger partial charge on any atom is 0.248 e. The van der Waals surface area contributed by atoms with Crippen LogP contribution in [0.2, 0.25) is 0 Å². The van der Waals surface area contributed by atoms with Crippen molar-refractivity contribution in [1.82, 2.24) is 0 Å². The number of hydrogen-bond donors (Lipinski definition) is 0. The molecule has 0 aliphatic carbocycles. The first-order chi connectivity index (χ1) is 2.77. The van der Waals surface area contributed by atoms with E-state index in [1.54, 1.807) is 0 Å². The first-order valence-electron chi connectivity index (χ1n) is 0.944. The van der Waals surface area contributed by atoms with E-state index < -0.39 is 11.3 Å². The molecule has 42 valence electrons. The summed E-state index contributed by atoms with van der Waals surface area (Å²) in [5, 5.41) is 0. The lowest BCUT2D eigenvalue weighted by Crippen LogP contribution is -1.74. The van der Waals surface area contributed by atoms with E-state index in [1.165, 1.54) is 0 Å². The molecule has 6 heteroatoms. The lowest BCUT2D eigenvalue weighted by molar-refractivity contribution is 0.535. The van der Waals surface area contributed by atoms with Crippen LogP contribution in [0, 0.1) is 0 Å². The average molecular weight is 124 g/mol. The molecule has 2 N–H and O–H groups in total.